The lowest BCUT2D eigenvalue weighted by Gasteiger charge is -2.63. The number of hydrogen-bond acceptors (Lipinski definition) is 3. The van der Waals surface area contributed by atoms with Gasteiger partial charge in [-0.05, 0) is 124 Å². The van der Waals surface area contributed by atoms with E-state index in [9.17, 15) is 13.2 Å². The number of carbonyl (C=O) groups is 1. The molecule has 202 valence electrons. The Kier molecular flexibility index (Phi) is 7.55. The van der Waals surface area contributed by atoms with Crippen molar-refractivity contribution in [3.05, 3.63) is 0 Å². The van der Waals surface area contributed by atoms with Crippen LogP contribution in [0, 0.1) is 52.3 Å². The quantitative estimate of drug-likeness (QED) is 0.409. The lowest BCUT2D eigenvalue weighted by Crippen LogP contribution is -2.55. The number of carbonyl (C=O) groups excluding carboxylic acids is 1. The van der Waals surface area contributed by atoms with E-state index in [1.807, 2.05) is 0 Å². The third-order valence-electron chi connectivity index (χ3n) is 11.9. The van der Waals surface area contributed by atoms with Gasteiger partial charge < -0.3 is 0 Å². The third kappa shape index (κ3) is 4.74. The number of hydrogen-bond donors (Lipinski definition) is 1. The molecular weight excluding hydrogens is 454 g/mol. The third-order valence-corrected chi connectivity index (χ3v) is 14.0. The Labute approximate surface area is 216 Å². The van der Waals surface area contributed by atoms with Crippen LogP contribution in [-0.2, 0) is 14.8 Å². The van der Waals surface area contributed by atoms with E-state index >= 15 is 0 Å². The molecule has 4 nitrogen and oxygen atoms in total. The van der Waals surface area contributed by atoms with Crippen molar-refractivity contribution >= 4 is 15.9 Å². The maximum absolute atomic E-state index is 12.5. The Morgan fingerprint density at radius 2 is 1.66 bits per heavy atom. The molecule has 4 aliphatic rings. The van der Waals surface area contributed by atoms with Crippen LogP contribution in [-0.4, -0.2) is 19.1 Å². The minimum absolute atomic E-state index is 0.303. The molecular formula is C30H53NO3S. The first-order valence-corrected chi connectivity index (χ1v) is 16.3. The lowest BCUT2D eigenvalue weighted by molar-refractivity contribution is -0.138. The Balaban J connectivity index is 1.44. The van der Waals surface area contributed by atoms with E-state index < -0.39 is 14.8 Å². The number of amides is 1. The Morgan fingerprint density at radius 3 is 2.31 bits per heavy atom. The maximum atomic E-state index is 12.5. The summed E-state index contributed by atoms with van der Waals surface area (Å²) in [5.74, 6) is 5.25. The van der Waals surface area contributed by atoms with Gasteiger partial charge in [-0.1, -0.05) is 47.0 Å². The Bertz CT molecular complexity index is 892. The van der Waals surface area contributed by atoms with Crippen molar-refractivity contribution < 1.29 is 13.2 Å². The van der Waals surface area contributed by atoms with E-state index in [1.54, 1.807) is 20.8 Å². The number of nitrogens with one attached hydrogen (secondary N) is 1. The molecule has 0 aromatic rings. The molecule has 0 aromatic carbocycles. The van der Waals surface area contributed by atoms with Crippen LogP contribution in [0.1, 0.15) is 126 Å². The SMILES string of the molecule is CC[C@H]1CC2C3CC[C@H]([C@H](C)CCC(=O)NS(=O)(=O)C(C)(C)C)[C@@]3(C)CCC2[C@@]2(C)CCCC[C@@H]12. The summed E-state index contributed by atoms with van der Waals surface area (Å²) in [5, 5.41) is 0. The fourth-order valence-electron chi connectivity index (χ4n) is 9.91. The van der Waals surface area contributed by atoms with Gasteiger partial charge in [0.1, 0.15) is 0 Å². The molecule has 9 atom stereocenters. The van der Waals surface area contributed by atoms with Crippen molar-refractivity contribution in [3.8, 4) is 0 Å². The first kappa shape index (κ1) is 27.5. The Hall–Kier alpha value is -0.580. The lowest BCUT2D eigenvalue weighted by atomic mass is 9.42. The summed E-state index contributed by atoms with van der Waals surface area (Å²) in [5.41, 5.74) is 0.939. The molecule has 4 aliphatic carbocycles. The molecule has 5 heteroatoms. The fourth-order valence-corrected chi connectivity index (χ4v) is 10.6. The van der Waals surface area contributed by atoms with Gasteiger partial charge in [0.05, 0.1) is 4.75 Å². The van der Waals surface area contributed by atoms with Gasteiger partial charge in [-0.3, -0.25) is 9.52 Å². The van der Waals surface area contributed by atoms with E-state index in [4.69, 9.17) is 0 Å². The normalized spacial score (nSPS) is 42.5. The second-order valence-corrected chi connectivity index (χ2v) is 17.0. The highest BCUT2D eigenvalue weighted by atomic mass is 32.2. The molecule has 0 saturated heterocycles. The van der Waals surface area contributed by atoms with Crippen LogP contribution < -0.4 is 4.72 Å². The van der Waals surface area contributed by atoms with E-state index in [2.05, 4.69) is 32.4 Å². The first-order chi connectivity index (χ1) is 16.2. The van der Waals surface area contributed by atoms with E-state index in [-0.39, 0.29) is 5.91 Å². The average molecular weight is 508 g/mol. The second kappa shape index (κ2) is 9.62. The summed E-state index contributed by atoms with van der Waals surface area (Å²) in [6.07, 6.45) is 15.1. The maximum Gasteiger partial charge on any atom is 0.239 e. The van der Waals surface area contributed by atoms with Crippen LogP contribution in [0.15, 0.2) is 0 Å². The summed E-state index contributed by atoms with van der Waals surface area (Å²) >= 11 is 0. The predicted molar refractivity (Wildman–Crippen MR) is 144 cm³/mol. The van der Waals surface area contributed by atoms with Gasteiger partial charge in [-0.25, -0.2) is 8.42 Å². The van der Waals surface area contributed by atoms with Crippen LogP contribution in [0.25, 0.3) is 0 Å². The molecule has 1 N–H and O–H groups in total. The Morgan fingerprint density at radius 1 is 0.971 bits per heavy atom. The molecule has 3 unspecified atom stereocenters. The molecule has 0 spiro atoms. The van der Waals surface area contributed by atoms with E-state index in [0.29, 0.717) is 29.1 Å². The largest absolute Gasteiger partial charge is 0.274 e. The van der Waals surface area contributed by atoms with Gasteiger partial charge in [-0.2, -0.15) is 0 Å². The molecule has 0 heterocycles. The van der Waals surface area contributed by atoms with Crippen molar-refractivity contribution in [1.29, 1.82) is 0 Å². The molecule has 4 fully saturated rings. The molecule has 0 radical (unpaired) electrons. The summed E-state index contributed by atoms with van der Waals surface area (Å²) in [4.78, 5) is 12.5. The standard InChI is InChI=1S/C30H53NO3S/c1-8-21-19-22-25-14-13-23(20(2)12-15-27(32)31-35(33,34)28(3,4)5)30(25,7)18-16-26(22)29(6)17-10-9-11-24(21)29/h20-26H,8-19H2,1-7H3,(H,31,32)/t20-,21+,22?,23-,24+,25?,26?,29+,30-/m1/s1. The minimum Gasteiger partial charge on any atom is -0.274 e. The number of fused-ring (bicyclic) bond motifs is 5. The van der Waals surface area contributed by atoms with Gasteiger partial charge in [0.25, 0.3) is 0 Å². The number of sulfonamides is 1. The molecule has 4 saturated carbocycles. The summed E-state index contributed by atoms with van der Waals surface area (Å²) in [7, 11) is -3.63. The minimum atomic E-state index is -3.63. The number of rotatable bonds is 6. The zero-order valence-electron chi connectivity index (χ0n) is 23.7. The monoisotopic (exact) mass is 507 g/mol. The highest BCUT2D eigenvalue weighted by Gasteiger charge is 2.61. The summed E-state index contributed by atoms with van der Waals surface area (Å²) < 4.78 is 26.1. The first-order valence-electron chi connectivity index (χ1n) is 14.8. The van der Waals surface area contributed by atoms with E-state index in [1.165, 1.54) is 64.2 Å². The molecule has 0 aliphatic heterocycles. The second-order valence-electron chi connectivity index (χ2n) is 14.5. The molecule has 4 rings (SSSR count). The van der Waals surface area contributed by atoms with Gasteiger partial charge in [0.2, 0.25) is 15.9 Å². The van der Waals surface area contributed by atoms with Crippen molar-refractivity contribution in [2.24, 2.45) is 52.3 Å². The van der Waals surface area contributed by atoms with Gasteiger partial charge in [-0.15, -0.1) is 0 Å². The van der Waals surface area contributed by atoms with Gasteiger partial charge >= 0.3 is 0 Å². The highest BCUT2D eigenvalue weighted by Crippen LogP contribution is 2.69. The van der Waals surface area contributed by atoms with Crippen LogP contribution in [0.2, 0.25) is 0 Å². The van der Waals surface area contributed by atoms with Crippen LogP contribution in [0.5, 0.6) is 0 Å². The van der Waals surface area contributed by atoms with Crippen LogP contribution in [0.3, 0.4) is 0 Å². The zero-order chi connectivity index (χ0) is 25.8. The van der Waals surface area contributed by atoms with Crippen LogP contribution in [0.4, 0.5) is 0 Å². The topological polar surface area (TPSA) is 63.2 Å². The summed E-state index contributed by atoms with van der Waals surface area (Å²) in [6.45, 7) is 14.9. The van der Waals surface area contributed by atoms with Crippen molar-refractivity contribution in [1.82, 2.24) is 4.72 Å². The smallest absolute Gasteiger partial charge is 0.239 e. The van der Waals surface area contributed by atoms with Gasteiger partial charge in [0.15, 0.2) is 0 Å². The zero-order valence-corrected chi connectivity index (χ0v) is 24.5. The van der Waals surface area contributed by atoms with Crippen molar-refractivity contribution in [2.75, 3.05) is 0 Å². The van der Waals surface area contributed by atoms with Gasteiger partial charge in [0, 0.05) is 6.42 Å². The van der Waals surface area contributed by atoms with Crippen LogP contribution >= 0.6 is 0 Å². The van der Waals surface area contributed by atoms with Crippen molar-refractivity contribution in [2.45, 2.75) is 130 Å². The van der Waals surface area contributed by atoms with Crippen molar-refractivity contribution in [3.63, 3.8) is 0 Å². The average Bonchev–Trinajstić information content (AvgIpc) is 3.13. The van der Waals surface area contributed by atoms with E-state index in [0.717, 1.165) is 36.0 Å². The summed E-state index contributed by atoms with van der Waals surface area (Å²) in [6, 6.07) is 0. The predicted octanol–water partition coefficient (Wildman–Crippen LogP) is 7.33. The molecule has 35 heavy (non-hydrogen) atoms. The highest BCUT2D eigenvalue weighted by molar-refractivity contribution is 7.91. The molecule has 1 amide bonds. The fraction of sp³-hybridized carbons (Fsp3) is 0.967. The molecule has 0 bridgehead atoms. The molecule has 0 aromatic heterocycles.